The van der Waals surface area contributed by atoms with Crippen molar-refractivity contribution in [1.82, 2.24) is 15.1 Å². The van der Waals surface area contributed by atoms with Gasteiger partial charge in [0.1, 0.15) is 0 Å². The first-order valence-electron chi connectivity index (χ1n) is 8.57. The minimum atomic E-state index is 0.656. The number of methoxy groups -OCH3 is 1. The summed E-state index contributed by atoms with van der Waals surface area (Å²) in [5.74, 6) is 0.679. The number of hydrogen-bond acceptors (Lipinski definition) is 3. The molecule has 1 saturated carbocycles. The Balaban J connectivity index is 1.81. The van der Waals surface area contributed by atoms with E-state index in [1.165, 1.54) is 44.2 Å². The smallest absolute Gasteiger partial charge is 0.0627 e. The van der Waals surface area contributed by atoms with E-state index in [0.717, 1.165) is 26.1 Å². The van der Waals surface area contributed by atoms with Gasteiger partial charge in [0.05, 0.1) is 18.3 Å². The maximum atomic E-state index is 5.08. The molecule has 1 unspecified atom stereocenters. The molecule has 0 bridgehead atoms. The summed E-state index contributed by atoms with van der Waals surface area (Å²) in [5.41, 5.74) is 1.26. The van der Waals surface area contributed by atoms with Crippen molar-refractivity contribution in [2.45, 2.75) is 57.9 Å². The molecule has 4 heteroatoms. The van der Waals surface area contributed by atoms with Gasteiger partial charge >= 0.3 is 0 Å². The van der Waals surface area contributed by atoms with Crippen LogP contribution in [0, 0.1) is 5.92 Å². The fraction of sp³-hybridized carbons (Fsp3) is 0.824. The molecule has 0 aliphatic heterocycles. The van der Waals surface area contributed by atoms with Crippen LogP contribution in [0.3, 0.4) is 0 Å². The van der Waals surface area contributed by atoms with E-state index >= 15 is 0 Å². The maximum absolute atomic E-state index is 5.08. The fourth-order valence-electron chi connectivity index (χ4n) is 3.32. The van der Waals surface area contributed by atoms with Gasteiger partial charge in [-0.05, 0) is 44.2 Å². The van der Waals surface area contributed by atoms with Crippen LogP contribution in [0.25, 0.3) is 0 Å². The van der Waals surface area contributed by atoms with E-state index in [-0.39, 0.29) is 0 Å². The normalized spacial score (nSPS) is 17.4. The summed E-state index contributed by atoms with van der Waals surface area (Å²) in [4.78, 5) is 0. The lowest BCUT2D eigenvalue weighted by Gasteiger charge is -2.16. The first-order valence-corrected chi connectivity index (χ1v) is 8.57. The molecule has 1 aliphatic carbocycles. The lowest BCUT2D eigenvalue weighted by atomic mass is 9.98. The third kappa shape index (κ3) is 5.44. The van der Waals surface area contributed by atoms with E-state index in [1.54, 1.807) is 7.11 Å². The summed E-state index contributed by atoms with van der Waals surface area (Å²) >= 11 is 0. The molecule has 0 saturated heterocycles. The second-order valence-corrected chi connectivity index (χ2v) is 6.28. The lowest BCUT2D eigenvalue weighted by Crippen LogP contribution is -2.27. The average molecular weight is 293 g/mol. The van der Waals surface area contributed by atoms with E-state index < -0.39 is 0 Å². The summed E-state index contributed by atoms with van der Waals surface area (Å²) < 4.78 is 7.30. The Morgan fingerprint density at radius 3 is 2.95 bits per heavy atom. The molecule has 1 heterocycles. The van der Waals surface area contributed by atoms with Gasteiger partial charge in [0.25, 0.3) is 0 Å². The molecule has 1 fully saturated rings. The highest BCUT2D eigenvalue weighted by Crippen LogP contribution is 2.28. The second-order valence-electron chi connectivity index (χ2n) is 6.28. The van der Waals surface area contributed by atoms with Crippen molar-refractivity contribution in [3.63, 3.8) is 0 Å². The van der Waals surface area contributed by atoms with Crippen LogP contribution in [-0.4, -0.2) is 36.6 Å². The minimum absolute atomic E-state index is 0.656. The predicted molar refractivity (Wildman–Crippen MR) is 86.6 cm³/mol. The molecule has 0 spiro atoms. The van der Waals surface area contributed by atoms with Gasteiger partial charge < -0.3 is 10.1 Å². The Hall–Kier alpha value is -0.870. The van der Waals surface area contributed by atoms with Crippen LogP contribution in [0.4, 0.5) is 0 Å². The molecule has 1 N–H and O–H groups in total. The Bertz CT molecular complexity index is 385. The van der Waals surface area contributed by atoms with Gasteiger partial charge in [-0.3, -0.25) is 4.68 Å². The topological polar surface area (TPSA) is 39.1 Å². The summed E-state index contributed by atoms with van der Waals surface area (Å²) in [6, 6.07) is 2.87. The van der Waals surface area contributed by atoms with Gasteiger partial charge in [-0.1, -0.05) is 26.2 Å². The Morgan fingerprint density at radius 2 is 2.24 bits per heavy atom. The number of hydrogen-bond donors (Lipinski definition) is 1. The van der Waals surface area contributed by atoms with Crippen LogP contribution in [0.15, 0.2) is 12.3 Å². The third-order valence-corrected chi connectivity index (χ3v) is 4.47. The summed E-state index contributed by atoms with van der Waals surface area (Å²) in [6.45, 7) is 5.05. The van der Waals surface area contributed by atoms with Crippen molar-refractivity contribution in [2.75, 3.05) is 26.8 Å². The zero-order valence-corrected chi connectivity index (χ0v) is 13.7. The fourth-order valence-corrected chi connectivity index (χ4v) is 3.32. The number of ether oxygens (including phenoxy) is 1. The Morgan fingerprint density at radius 1 is 1.43 bits per heavy atom. The van der Waals surface area contributed by atoms with Crippen molar-refractivity contribution in [1.29, 1.82) is 0 Å². The monoisotopic (exact) mass is 293 g/mol. The van der Waals surface area contributed by atoms with Crippen LogP contribution < -0.4 is 5.32 Å². The number of nitrogens with one attached hydrogen (secondary N) is 1. The van der Waals surface area contributed by atoms with Gasteiger partial charge in [0, 0.05) is 19.9 Å². The Kier molecular flexibility index (Phi) is 7.24. The first-order chi connectivity index (χ1) is 10.3. The highest BCUT2D eigenvalue weighted by atomic mass is 16.5. The molecule has 0 radical (unpaired) electrons. The molecule has 1 aromatic heterocycles. The molecule has 4 nitrogen and oxygen atoms in total. The number of rotatable bonds is 10. The van der Waals surface area contributed by atoms with Gasteiger partial charge in [-0.2, -0.15) is 5.10 Å². The predicted octanol–water partition coefficient (Wildman–Crippen LogP) is 3.19. The molecule has 1 atom stereocenters. The summed E-state index contributed by atoms with van der Waals surface area (Å²) in [6.07, 6.45) is 11.1. The molecule has 0 amide bonds. The Labute approximate surface area is 129 Å². The number of aromatic nitrogens is 2. The molecule has 1 aliphatic rings. The quantitative estimate of drug-likeness (QED) is 0.673. The minimum Gasteiger partial charge on any atom is -0.383 e. The summed E-state index contributed by atoms with van der Waals surface area (Å²) in [5, 5.41) is 8.32. The highest BCUT2D eigenvalue weighted by Gasteiger charge is 2.18. The van der Waals surface area contributed by atoms with Gasteiger partial charge in [-0.25, -0.2) is 0 Å². The van der Waals surface area contributed by atoms with E-state index in [4.69, 9.17) is 9.84 Å². The van der Waals surface area contributed by atoms with Crippen LogP contribution >= 0.6 is 0 Å². The van der Waals surface area contributed by atoms with Gasteiger partial charge in [-0.15, -0.1) is 0 Å². The van der Waals surface area contributed by atoms with Crippen molar-refractivity contribution < 1.29 is 4.74 Å². The number of nitrogens with zero attached hydrogens (tertiary/aromatic N) is 2. The standard InChI is InChI=1S/C17H31N3O/c1-3-6-15(14-18-10-12-21-2)13-16-9-11-20(19-16)17-7-4-5-8-17/h9,11,15,17-18H,3-8,10,12-14H2,1-2H3. The first kappa shape index (κ1) is 16.5. The van der Waals surface area contributed by atoms with E-state index in [1.807, 2.05) is 0 Å². The molecule has 1 aromatic rings. The van der Waals surface area contributed by atoms with Crippen LogP contribution in [0.2, 0.25) is 0 Å². The van der Waals surface area contributed by atoms with Crippen molar-refractivity contribution in [3.8, 4) is 0 Å². The SMILES string of the molecule is CCCC(CNCCOC)Cc1ccn(C2CCCC2)n1. The zero-order valence-electron chi connectivity index (χ0n) is 13.7. The average Bonchev–Trinajstić information content (AvgIpc) is 3.14. The van der Waals surface area contributed by atoms with Gasteiger partial charge in [0.15, 0.2) is 0 Å². The lowest BCUT2D eigenvalue weighted by molar-refractivity contribution is 0.197. The molecule has 0 aromatic carbocycles. The van der Waals surface area contributed by atoms with Crippen molar-refractivity contribution in [2.24, 2.45) is 5.92 Å². The van der Waals surface area contributed by atoms with E-state index in [2.05, 4.69) is 29.2 Å². The molecular weight excluding hydrogens is 262 g/mol. The molecule has 21 heavy (non-hydrogen) atoms. The second kappa shape index (κ2) is 9.21. The van der Waals surface area contributed by atoms with E-state index in [0.29, 0.717) is 12.0 Å². The molecule has 2 rings (SSSR count). The van der Waals surface area contributed by atoms with E-state index in [9.17, 15) is 0 Å². The van der Waals surface area contributed by atoms with Crippen LogP contribution in [0.1, 0.15) is 57.2 Å². The van der Waals surface area contributed by atoms with Crippen LogP contribution in [0.5, 0.6) is 0 Å². The van der Waals surface area contributed by atoms with Crippen molar-refractivity contribution >= 4 is 0 Å². The molecule has 120 valence electrons. The van der Waals surface area contributed by atoms with Crippen molar-refractivity contribution in [3.05, 3.63) is 18.0 Å². The van der Waals surface area contributed by atoms with Gasteiger partial charge in [0.2, 0.25) is 0 Å². The van der Waals surface area contributed by atoms with Crippen LogP contribution in [-0.2, 0) is 11.2 Å². The summed E-state index contributed by atoms with van der Waals surface area (Å²) in [7, 11) is 1.75. The largest absolute Gasteiger partial charge is 0.383 e. The molecular formula is C17H31N3O. The highest BCUT2D eigenvalue weighted by molar-refractivity contribution is 5.01. The zero-order chi connectivity index (χ0) is 14.9. The maximum Gasteiger partial charge on any atom is 0.0627 e. The third-order valence-electron chi connectivity index (χ3n) is 4.47.